The maximum Gasteiger partial charge on any atom is 0.224 e. The smallest absolute Gasteiger partial charge is 0.224 e. The number of amides is 1. The molecule has 5 nitrogen and oxygen atoms in total. The minimum Gasteiger partial charge on any atom is -0.326 e. The topological polar surface area (TPSA) is 66.5 Å². The van der Waals surface area contributed by atoms with E-state index in [1.54, 1.807) is 4.31 Å². The van der Waals surface area contributed by atoms with Gasteiger partial charge >= 0.3 is 0 Å². The SMILES string of the molecule is Cc1ccc(NC(=O)CCCCS(=O)(=O)N2CCCCC2)cc1. The van der Waals surface area contributed by atoms with E-state index >= 15 is 0 Å². The molecule has 1 amide bonds. The fourth-order valence-corrected chi connectivity index (χ4v) is 4.34. The zero-order valence-corrected chi connectivity index (χ0v) is 14.6. The normalized spacial score (nSPS) is 16.2. The quantitative estimate of drug-likeness (QED) is 0.777. The molecule has 2 rings (SSSR count). The lowest BCUT2D eigenvalue weighted by molar-refractivity contribution is -0.116. The summed E-state index contributed by atoms with van der Waals surface area (Å²) in [6.07, 6.45) is 4.50. The number of sulfonamides is 1. The molecule has 0 aliphatic carbocycles. The molecule has 6 heteroatoms. The molecule has 1 N–H and O–H groups in total. The Bertz CT molecular complexity index is 605. The molecule has 0 saturated carbocycles. The van der Waals surface area contributed by atoms with Gasteiger partial charge in [-0.15, -0.1) is 0 Å². The molecule has 0 atom stereocenters. The van der Waals surface area contributed by atoms with Crippen molar-refractivity contribution in [1.29, 1.82) is 0 Å². The van der Waals surface area contributed by atoms with Gasteiger partial charge in [0.15, 0.2) is 0 Å². The van der Waals surface area contributed by atoms with Crippen LogP contribution in [0.25, 0.3) is 0 Å². The highest BCUT2D eigenvalue weighted by molar-refractivity contribution is 7.89. The lowest BCUT2D eigenvalue weighted by Crippen LogP contribution is -2.37. The van der Waals surface area contributed by atoms with Crippen molar-refractivity contribution in [2.24, 2.45) is 0 Å². The number of carbonyl (C=O) groups is 1. The molecule has 128 valence electrons. The average molecular weight is 338 g/mol. The highest BCUT2D eigenvalue weighted by Crippen LogP contribution is 2.15. The molecule has 1 heterocycles. The first kappa shape index (κ1) is 17.9. The number of nitrogens with zero attached hydrogens (tertiary/aromatic N) is 1. The maximum absolute atomic E-state index is 12.2. The number of hydrogen-bond acceptors (Lipinski definition) is 3. The van der Waals surface area contributed by atoms with Gasteiger partial charge < -0.3 is 5.32 Å². The zero-order chi connectivity index (χ0) is 16.7. The maximum atomic E-state index is 12.2. The van der Waals surface area contributed by atoms with Crippen LogP contribution in [0.3, 0.4) is 0 Å². The van der Waals surface area contributed by atoms with E-state index in [9.17, 15) is 13.2 Å². The second kappa shape index (κ2) is 8.45. The Morgan fingerprint density at radius 1 is 1.09 bits per heavy atom. The van der Waals surface area contributed by atoms with Crippen LogP contribution in [0, 0.1) is 6.92 Å². The van der Waals surface area contributed by atoms with Gasteiger partial charge in [-0.1, -0.05) is 24.1 Å². The molecule has 0 spiro atoms. The Kier molecular flexibility index (Phi) is 6.59. The van der Waals surface area contributed by atoms with Gasteiger partial charge in [-0.3, -0.25) is 4.79 Å². The van der Waals surface area contributed by atoms with Crippen molar-refractivity contribution in [3.63, 3.8) is 0 Å². The van der Waals surface area contributed by atoms with Crippen LogP contribution in [0.1, 0.15) is 44.1 Å². The summed E-state index contributed by atoms with van der Waals surface area (Å²) >= 11 is 0. The summed E-state index contributed by atoms with van der Waals surface area (Å²) in [6.45, 7) is 3.29. The molecular weight excluding hydrogens is 312 g/mol. The second-order valence-corrected chi connectivity index (χ2v) is 8.24. The summed E-state index contributed by atoms with van der Waals surface area (Å²) in [7, 11) is -3.14. The first-order valence-corrected chi connectivity index (χ1v) is 9.93. The van der Waals surface area contributed by atoms with Crippen molar-refractivity contribution in [1.82, 2.24) is 4.31 Å². The van der Waals surface area contributed by atoms with Gasteiger partial charge in [0, 0.05) is 25.2 Å². The Balaban J connectivity index is 1.68. The molecule has 0 unspecified atom stereocenters. The fraction of sp³-hybridized carbons (Fsp3) is 0.588. The molecule has 1 aromatic carbocycles. The molecule has 1 aromatic rings. The monoisotopic (exact) mass is 338 g/mol. The van der Waals surface area contributed by atoms with Crippen molar-refractivity contribution < 1.29 is 13.2 Å². The Morgan fingerprint density at radius 3 is 2.39 bits per heavy atom. The Morgan fingerprint density at radius 2 is 1.74 bits per heavy atom. The van der Waals surface area contributed by atoms with Crippen molar-refractivity contribution in [3.05, 3.63) is 29.8 Å². The van der Waals surface area contributed by atoms with Crippen molar-refractivity contribution in [2.75, 3.05) is 24.2 Å². The molecule has 1 saturated heterocycles. The number of nitrogens with one attached hydrogen (secondary N) is 1. The third kappa shape index (κ3) is 5.95. The van der Waals surface area contributed by atoms with Crippen molar-refractivity contribution in [3.8, 4) is 0 Å². The summed E-state index contributed by atoms with van der Waals surface area (Å²) in [4.78, 5) is 11.9. The van der Waals surface area contributed by atoms with Gasteiger partial charge in [-0.25, -0.2) is 12.7 Å². The van der Waals surface area contributed by atoms with Gasteiger partial charge in [-0.05, 0) is 44.7 Å². The average Bonchev–Trinajstić information content (AvgIpc) is 2.55. The Hall–Kier alpha value is -1.40. The summed E-state index contributed by atoms with van der Waals surface area (Å²) in [5.74, 6) is 0.0781. The number of unbranched alkanes of at least 4 members (excludes halogenated alkanes) is 1. The molecule has 0 aromatic heterocycles. The van der Waals surface area contributed by atoms with Crippen LogP contribution in [0.15, 0.2) is 24.3 Å². The molecule has 1 aliphatic rings. The van der Waals surface area contributed by atoms with Crippen LogP contribution in [-0.2, 0) is 14.8 Å². The van der Waals surface area contributed by atoms with Gasteiger partial charge in [0.25, 0.3) is 0 Å². The summed E-state index contributed by atoms with van der Waals surface area (Å²) in [5, 5.41) is 2.83. The van der Waals surface area contributed by atoms with Crippen LogP contribution in [0.5, 0.6) is 0 Å². The minimum atomic E-state index is -3.14. The van der Waals surface area contributed by atoms with Crippen LogP contribution in [0.4, 0.5) is 5.69 Å². The highest BCUT2D eigenvalue weighted by Gasteiger charge is 2.23. The van der Waals surface area contributed by atoms with E-state index in [1.807, 2.05) is 31.2 Å². The molecule has 23 heavy (non-hydrogen) atoms. The summed E-state index contributed by atoms with van der Waals surface area (Å²) in [6, 6.07) is 7.63. The highest BCUT2D eigenvalue weighted by atomic mass is 32.2. The van der Waals surface area contributed by atoms with E-state index in [2.05, 4.69) is 5.32 Å². The van der Waals surface area contributed by atoms with Gasteiger partial charge in [0.05, 0.1) is 5.75 Å². The molecular formula is C17H26N2O3S. The van der Waals surface area contributed by atoms with Gasteiger partial charge in [-0.2, -0.15) is 0 Å². The lowest BCUT2D eigenvalue weighted by Gasteiger charge is -2.25. The van der Waals surface area contributed by atoms with Crippen LogP contribution >= 0.6 is 0 Å². The van der Waals surface area contributed by atoms with Gasteiger partial charge in [0.1, 0.15) is 0 Å². The number of aryl methyl sites for hydroxylation is 1. The van der Waals surface area contributed by atoms with Crippen LogP contribution in [0.2, 0.25) is 0 Å². The van der Waals surface area contributed by atoms with Crippen LogP contribution in [-0.4, -0.2) is 37.5 Å². The van der Waals surface area contributed by atoms with E-state index < -0.39 is 10.0 Å². The van der Waals surface area contributed by atoms with Gasteiger partial charge in [0.2, 0.25) is 15.9 Å². The zero-order valence-electron chi connectivity index (χ0n) is 13.8. The van der Waals surface area contributed by atoms with Crippen molar-refractivity contribution in [2.45, 2.75) is 45.4 Å². The predicted molar refractivity (Wildman–Crippen MR) is 92.9 cm³/mol. The lowest BCUT2D eigenvalue weighted by atomic mass is 10.2. The minimum absolute atomic E-state index is 0.0655. The largest absolute Gasteiger partial charge is 0.326 e. The number of piperidine rings is 1. The van der Waals surface area contributed by atoms with E-state index in [0.29, 0.717) is 32.4 Å². The Labute approximate surface area is 139 Å². The number of carbonyl (C=O) groups excluding carboxylic acids is 1. The molecule has 1 aliphatic heterocycles. The summed E-state index contributed by atoms with van der Waals surface area (Å²) in [5.41, 5.74) is 1.92. The molecule has 0 bridgehead atoms. The van der Waals surface area contributed by atoms with E-state index in [0.717, 1.165) is 30.5 Å². The van der Waals surface area contributed by atoms with Crippen molar-refractivity contribution >= 4 is 21.6 Å². The van der Waals surface area contributed by atoms with E-state index in [4.69, 9.17) is 0 Å². The molecule has 0 radical (unpaired) electrons. The number of hydrogen-bond donors (Lipinski definition) is 1. The predicted octanol–water partition coefficient (Wildman–Crippen LogP) is 2.92. The number of anilines is 1. The standard InChI is InChI=1S/C17H26N2O3S/c1-15-8-10-16(11-9-15)18-17(20)7-3-6-14-23(21,22)19-12-4-2-5-13-19/h8-11H,2-7,12-14H2,1H3,(H,18,20). The van der Waals surface area contributed by atoms with Crippen LogP contribution < -0.4 is 5.32 Å². The number of benzene rings is 1. The fourth-order valence-electron chi connectivity index (χ4n) is 2.70. The number of rotatable bonds is 7. The summed E-state index contributed by atoms with van der Waals surface area (Å²) < 4.78 is 26.0. The first-order valence-electron chi connectivity index (χ1n) is 8.32. The third-order valence-corrected chi connectivity index (χ3v) is 6.06. The third-order valence-electron chi connectivity index (χ3n) is 4.10. The first-order chi connectivity index (χ1) is 11.0. The molecule has 1 fully saturated rings. The second-order valence-electron chi connectivity index (χ2n) is 6.15. The van der Waals surface area contributed by atoms with E-state index in [1.165, 1.54) is 0 Å². The van der Waals surface area contributed by atoms with E-state index in [-0.39, 0.29) is 11.7 Å².